The molecule has 11 heteroatoms. The molecule has 10 nitrogen and oxygen atoms in total. The summed E-state index contributed by atoms with van der Waals surface area (Å²) in [5.41, 5.74) is 2.25. The van der Waals surface area contributed by atoms with Crippen LogP contribution in [0.1, 0.15) is 34.1 Å². The highest BCUT2D eigenvalue weighted by Gasteiger charge is 2.19. The van der Waals surface area contributed by atoms with Crippen molar-refractivity contribution in [3.8, 4) is 5.69 Å². The van der Waals surface area contributed by atoms with E-state index < -0.39 is 5.97 Å². The van der Waals surface area contributed by atoms with E-state index in [9.17, 15) is 9.59 Å². The highest BCUT2D eigenvalue weighted by Crippen LogP contribution is 2.22. The fourth-order valence-electron chi connectivity index (χ4n) is 3.22. The van der Waals surface area contributed by atoms with Crippen molar-refractivity contribution in [2.24, 2.45) is 0 Å². The highest BCUT2D eigenvalue weighted by atomic mass is 35.5. The SMILES string of the molecule is COC(=O)c1ccc(-n2nccn2)c(C(=O)N[C@H](C)CCNc2nc3cc(Cl)ccc3o2)c1. The first-order chi connectivity index (χ1) is 15.9. The third-order valence-electron chi connectivity index (χ3n) is 4.88. The first-order valence-corrected chi connectivity index (χ1v) is 10.5. The topological polar surface area (TPSA) is 124 Å². The molecular weight excluding hydrogens is 448 g/mol. The van der Waals surface area contributed by atoms with Crippen LogP contribution in [0.5, 0.6) is 0 Å². The molecule has 4 rings (SSSR count). The summed E-state index contributed by atoms with van der Waals surface area (Å²) in [7, 11) is 1.28. The number of methoxy groups -OCH3 is 1. The third-order valence-corrected chi connectivity index (χ3v) is 5.11. The van der Waals surface area contributed by atoms with Crippen LogP contribution in [0.3, 0.4) is 0 Å². The van der Waals surface area contributed by atoms with Gasteiger partial charge in [0.15, 0.2) is 5.58 Å². The van der Waals surface area contributed by atoms with Crippen LogP contribution in [0.25, 0.3) is 16.8 Å². The summed E-state index contributed by atoms with van der Waals surface area (Å²) in [5.74, 6) is -0.905. The number of nitrogens with one attached hydrogen (secondary N) is 2. The molecule has 0 saturated heterocycles. The van der Waals surface area contributed by atoms with Gasteiger partial charge in [-0.2, -0.15) is 20.0 Å². The van der Waals surface area contributed by atoms with Gasteiger partial charge >= 0.3 is 5.97 Å². The maximum atomic E-state index is 13.0. The van der Waals surface area contributed by atoms with Crippen molar-refractivity contribution in [3.05, 3.63) is 64.9 Å². The lowest BCUT2D eigenvalue weighted by Crippen LogP contribution is -2.34. The Bertz CT molecular complexity index is 1290. The molecule has 33 heavy (non-hydrogen) atoms. The average Bonchev–Trinajstić information content (AvgIpc) is 3.47. The van der Waals surface area contributed by atoms with Crippen molar-refractivity contribution in [1.82, 2.24) is 25.3 Å². The molecule has 4 aromatic rings. The Morgan fingerprint density at radius 1 is 1.18 bits per heavy atom. The maximum absolute atomic E-state index is 13.0. The highest BCUT2D eigenvalue weighted by molar-refractivity contribution is 6.31. The number of amides is 1. The number of hydrogen-bond donors (Lipinski definition) is 2. The standard InChI is InChI=1S/C22H21ClN6O4/c1-13(7-8-24-22-28-17-12-15(23)4-6-19(17)33-22)27-20(30)16-11-14(21(31)32-2)3-5-18(16)29-25-9-10-26-29/h3-6,9-13H,7-8H2,1-2H3,(H,24,28)(H,27,30)/t13-/m1/s1. The van der Waals surface area contributed by atoms with Crippen molar-refractivity contribution < 1.29 is 18.7 Å². The Balaban J connectivity index is 1.41. The maximum Gasteiger partial charge on any atom is 0.337 e. The minimum absolute atomic E-state index is 0.191. The molecule has 2 aromatic heterocycles. The smallest absolute Gasteiger partial charge is 0.337 e. The second-order valence-electron chi connectivity index (χ2n) is 7.26. The van der Waals surface area contributed by atoms with Crippen LogP contribution < -0.4 is 10.6 Å². The molecule has 0 aliphatic carbocycles. The Kier molecular flexibility index (Phi) is 6.55. The first kappa shape index (κ1) is 22.3. The zero-order valence-electron chi connectivity index (χ0n) is 17.9. The van der Waals surface area contributed by atoms with Gasteiger partial charge in [0.2, 0.25) is 0 Å². The van der Waals surface area contributed by atoms with E-state index in [4.69, 9.17) is 20.8 Å². The summed E-state index contributed by atoms with van der Waals surface area (Å²) in [6.45, 7) is 2.39. The van der Waals surface area contributed by atoms with Crippen LogP contribution in [0.15, 0.2) is 53.2 Å². The molecule has 0 bridgehead atoms. The first-order valence-electron chi connectivity index (χ1n) is 10.1. The Morgan fingerprint density at radius 3 is 2.73 bits per heavy atom. The number of anilines is 1. The number of oxazole rings is 1. The van der Waals surface area contributed by atoms with Gasteiger partial charge in [0, 0.05) is 17.6 Å². The van der Waals surface area contributed by atoms with E-state index in [1.54, 1.807) is 30.3 Å². The van der Waals surface area contributed by atoms with Crippen LogP contribution in [-0.2, 0) is 4.74 Å². The molecule has 1 amide bonds. The van der Waals surface area contributed by atoms with Gasteiger partial charge in [-0.25, -0.2) is 4.79 Å². The molecule has 2 heterocycles. The van der Waals surface area contributed by atoms with E-state index in [1.165, 1.54) is 30.4 Å². The van der Waals surface area contributed by atoms with Gasteiger partial charge < -0.3 is 19.8 Å². The van der Waals surface area contributed by atoms with Gasteiger partial charge in [0.25, 0.3) is 11.9 Å². The van der Waals surface area contributed by atoms with Gasteiger partial charge in [0.05, 0.1) is 36.3 Å². The largest absolute Gasteiger partial charge is 0.465 e. The Morgan fingerprint density at radius 2 is 1.97 bits per heavy atom. The summed E-state index contributed by atoms with van der Waals surface area (Å²) < 4.78 is 10.4. The van der Waals surface area contributed by atoms with E-state index in [1.807, 2.05) is 6.92 Å². The van der Waals surface area contributed by atoms with Crippen molar-refractivity contribution in [1.29, 1.82) is 0 Å². The fourth-order valence-corrected chi connectivity index (χ4v) is 3.39. The number of fused-ring (bicyclic) bond motifs is 1. The molecule has 170 valence electrons. The number of carbonyl (C=O) groups is 2. The summed E-state index contributed by atoms with van der Waals surface area (Å²) in [5, 5.41) is 14.8. The number of esters is 1. The average molecular weight is 469 g/mol. The molecule has 0 spiro atoms. The quantitative estimate of drug-likeness (QED) is 0.377. The molecule has 0 aliphatic rings. The number of hydrogen-bond acceptors (Lipinski definition) is 8. The van der Waals surface area contributed by atoms with Gasteiger partial charge in [0.1, 0.15) is 5.52 Å². The van der Waals surface area contributed by atoms with E-state index in [0.29, 0.717) is 40.8 Å². The summed E-state index contributed by atoms with van der Waals surface area (Å²) >= 11 is 5.97. The monoisotopic (exact) mass is 468 g/mol. The molecule has 2 N–H and O–H groups in total. The molecule has 0 radical (unpaired) electrons. The molecule has 1 atom stereocenters. The zero-order chi connectivity index (χ0) is 23.4. The minimum atomic E-state index is -0.541. The molecule has 0 unspecified atom stereocenters. The minimum Gasteiger partial charge on any atom is -0.465 e. The van der Waals surface area contributed by atoms with Gasteiger partial charge in [-0.15, -0.1) is 0 Å². The Labute approximate surface area is 193 Å². The third kappa shape index (κ3) is 5.12. The van der Waals surface area contributed by atoms with Gasteiger partial charge in [-0.05, 0) is 49.7 Å². The van der Waals surface area contributed by atoms with Gasteiger partial charge in [-0.1, -0.05) is 11.6 Å². The van der Waals surface area contributed by atoms with Crippen LogP contribution >= 0.6 is 11.6 Å². The van der Waals surface area contributed by atoms with Crippen LogP contribution in [0.2, 0.25) is 5.02 Å². The van der Waals surface area contributed by atoms with Crippen LogP contribution in [0.4, 0.5) is 6.01 Å². The van der Waals surface area contributed by atoms with Crippen molar-refractivity contribution in [2.45, 2.75) is 19.4 Å². The van der Waals surface area contributed by atoms with Crippen LogP contribution in [0, 0.1) is 0 Å². The molecule has 2 aromatic carbocycles. The second-order valence-corrected chi connectivity index (χ2v) is 7.70. The number of ether oxygens (including phenoxy) is 1. The molecule has 0 saturated carbocycles. The van der Waals surface area contributed by atoms with Gasteiger partial charge in [-0.3, -0.25) is 4.79 Å². The number of carbonyl (C=O) groups excluding carboxylic acids is 2. The van der Waals surface area contributed by atoms with E-state index in [0.717, 1.165) is 0 Å². The zero-order valence-corrected chi connectivity index (χ0v) is 18.7. The van der Waals surface area contributed by atoms with Crippen molar-refractivity contribution in [2.75, 3.05) is 19.0 Å². The molecular formula is C22H21ClN6O4. The lowest BCUT2D eigenvalue weighted by atomic mass is 10.1. The van der Waals surface area contributed by atoms with Crippen LogP contribution in [-0.4, -0.2) is 51.6 Å². The summed E-state index contributed by atoms with van der Waals surface area (Å²) in [6, 6.07) is 10.0. The normalized spacial score (nSPS) is 11.8. The lowest BCUT2D eigenvalue weighted by Gasteiger charge is -2.16. The number of nitrogens with zero attached hydrogens (tertiary/aromatic N) is 4. The Hall–Kier alpha value is -3.92. The van der Waals surface area contributed by atoms with E-state index >= 15 is 0 Å². The molecule has 0 aliphatic heterocycles. The number of rotatable bonds is 8. The number of aromatic nitrogens is 4. The fraction of sp³-hybridized carbons (Fsp3) is 0.227. The number of benzene rings is 2. The predicted octanol–water partition coefficient (Wildman–Crippen LogP) is 3.47. The summed E-state index contributed by atoms with van der Waals surface area (Å²) in [4.78, 5) is 30.6. The lowest BCUT2D eigenvalue weighted by molar-refractivity contribution is 0.0600. The van der Waals surface area contributed by atoms with Crippen molar-refractivity contribution >= 4 is 40.6 Å². The molecule has 0 fully saturated rings. The summed E-state index contributed by atoms with van der Waals surface area (Å²) in [6.07, 6.45) is 3.60. The number of halogens is 1. The van der Waals surface area contributed by atoms with Crippen molar-refractivity contribution in [3.63, 3.8) is 0 Å². The predicted molar refractivity (Wildman–Crippen MR) is 122 cm³/mol. The van der Waals surface area contributed by atoms with E-state index in [2.05, 4.69) is 25.8 Å². The van der Waals surface area contributed by atoms with E-state index in [-0.39, 0.29) is 23.1 Å². The second kappa shape index (κ2) is 9.70.